The van der Waals surface area contributed by atoms with Crippen molar-refractivity contribution >= 4 is 12.1 Å². The molecule has 1 aliphatic heterocycles. The average Bonchev–Trinajstić information content (AvgIpc) is 3.02. The van der Waals surface area contributed by atoms with Gasteiger partial charge in [-0.2, -0.15) is 0 Å². The van der Waals surface area contributed by atoms with Gasteiger partial charge in [0.15, 0.2) is 0 Å². The van der Waals surface area contributed by atoms with Gasteiger partial charge < -0.3 is 20.2 Å². The zero-order valence-electron chi connectivity index (χ0n) is 17.0. The van der Waals surface area contributed by atoms with Gasteiger partial charge in [-0.25, -0.2) is 9.59 Å². The highest BCUT2D eigenvalue weighted by molar-refractivity contribution is 5.75. The van der Waals surface area contributed by atoms with Crippen molar-refractivity contribution < 1.29 is 14.7 Å². The van der Waals surface area contributed by atoms with Gasteiger partial charge in [-0.15, -0.1) is 0 Å². The van der Waals surface area contributed by atoms with Crippen LogP contribution in [-0.2, 0) is 0 Å². The number of nitrogens with one attached hydrogen (secondary N) is 1. The lowest BCUT2D eigenvalue weighted by Crippen LogP contribution is -2.57. The molecule has 5 rings (SSSR count). The van der Waals surface area contributed by atoms with Crippen LogP contribution in [0, 0.1) is 29.6 Å². The van der Waals surface area contributed by atoms with Gasteiger partial charge >= 0.3 is 12.1 Å². The molecular formula is C21H35N3O3. The zero-order chi connectivity index (χ0) is 19.3. The fourth-order valence-corrected chi connectivity index (χ4v) is 6.46. The number of carbonyl (C=O) groups excluding carboxylic acids is 1. The van der Waals surface area contributed by atoms with Crippen LogP contribution in [0.15, 0.2) is 0 Å². The fraction of sp³-hybridized carbons (Fsp3) is 0.905. The predicted octanol–water partition coefficient (Wildman–Crippen LogP) is 3.62. The lowest BCUT2D eigenvalue weighted by atomic mass is 9.54. The molecule has 0 aromatic carbocycles. The molecule has 0 aromatic rings. The van der Waals surface area contributed by atoms with Gasteiger partial charge in [0, 0.05) is 31.2 Å². The smallest absolute Gasteiger partial charge is 0.407 e. The summed E-state index contributed by atoms with van der Waals surface area (Å²) in [4.78, 5) is 27.9. The molecule has 4 bridgehead atoms. The summed E-state index contributed by atoms with van der Waals surface area (Å²) in [5, 5.41) is 12.9. The Bertz CT molecular complexity index is 572. The number of carbonyl (C=O) groups is 2. The second-order valence-corrected chi connectivity index (χ2v) is 10.6. The molecule has 1 saturated heterocycles. The molecular weight excluding hydrogens is 342 g/mol. The number of hydrogen-bond acceptors (Lipinski definition) is 2. The molecule has 0 aromatic heterocycles. The molecule has 152 valence electrons. The minimum Gasteiger partial charge on any atom is -0.465 e. The van der Waals surface area contributed by atoms with Gasteiger partial charge in [-0.3, -0.25) is 0 Å². The maximum Gasteiger partial charge on any atom is 0.407 e. The zero-order valence-corrected chi connectivity index (χ0v) is 17.0. The van der Waals surface area contributed by atoms with Crippen molar-refractivity contribution in [2.24, 2.45) is 29.6 Å². The van der Waals surface area contributed by atoms with Crippen LogP contribution in [0.25, 0.3) is 0 Å². The van der Waals surface area contributed by atoms with E-state index in [1.165, 1.54) is 37.0 Å². The number of nitrogens with zero attached hydrogens (tertiary/aromatic N) is 2. The van der Waals surface area contributed by atoms with Crippen molar-refractivity contribution in [3.8, 4) is 0 Å². The molecule has 3 amide bonds. The molecule has 1 atom stereocenters. The summed E-state index contributed by atoms with van der Waals surface area (Å²) in [5.41, 5.74) is -0.415. The van der Waals surface area contributed by atoms with E-state index in [-0.39, 0.29) is 11.9 Å². The average molecular weight is 378 g/mol. The molecule has 4 aliphatic carbocycles. The van der Waals surface area contributed by atoms with E-state index < -0.39 is 11.6 Å². The molecule has 6 nitrogen and oxygen atoms in total. The van der Waals surface area contributed by atoms with Crippen LogP contribution in [0.4, 0.5) is 9.59 Å². The summed E-state index contributed by atoms with van der Waals surface area (Å²) in [7, 11) is 0. The Morgan fingerprint density at radius 2 is 1.67 bits per heavy atom. The molecule has 4 saturated carbocycles. The van der Waals surface area contributed by atoms with Crippen molar-refractivity contribution in [2.45, 2.75) is 70.9 Å². The number of amides is 3. The normalized spacial score (nSPS) is 37.5. The van der Waals surface area contributed by atoms with Crippen molar-refractivity contribution in [1.82, 2.24) is 15.1 Å². The molecule has 1 heterocycles. The van der Waals surface area contributed by atoms with Gasteiger partial charge in [-0.05, 0) is 88.9 Å². The molecule has 0 spiro atoms. The number of hydrogen-bond donors (Lipinski definition) is 2. The van der Waals surface area contributed by atoms with Gasteiger partial charge in [0.1, 0.15) is 0 Å². The van der Waals surface area contributed by atoms with Gasteiger partial charge in [0.05, 0.1) is 0 Å². The standard InChI is InChI=1S/C21H35N3O3/c1-21(2,3)24(20(26)27)12-13-4-5-23(11-13)19(25)22-18-16-7-14-6-15(9-16)10-17(18)8-14/h13-18H,4-12H2,1-3H3,(H,22,25)(H,26,27)/t13-,14?,15?,16?,17?,18?/m0/s1. The van der Waals surface area contributed by atoms with Crippen molar-refractivity contribution in [3.63, 3.8) is 0 Å². The highest BCUT2D eigenvalue weighted by Gasteiger charge is 2.49. The second-order valence-electron chi connectivity index (χ2n) is 10.6. The molecule has 5 aliphatic rings. The topological polar surface area (TPSA) is 72.9 Å². The molecule has 6 heteroatoms. The lowest BCUT2D eigenvalue weighted by Gasteiger charge is -2.54. The Kier molecular flexibility index (Phi) is 4.79. The maximum atomic E-state index is 12.9. The summed E-state index contributed by atoms with van der Waals surface area (Å²) in [6.45, 7) is 7.67. The van der Waals surface area contributed by atoms with E-state index in [0.29, 0.717) is 31.0 Å². The van der Waals surface area contributed by atoms with Crippen molar-refractivity contribution in [3.05, 3.63) is 0 Å². The predicted molar refractivity (Wildman–Crippen MR) is 104 cm³/mol. The quantitative estimate of drug-likeness (QED) is 0.789. The third-order valence-corrected chi connectivity index (χ3v) is 7.57. The third-order valence-electron chi connectivity index (χ3n) is 7.57. The fourth-order valence-electron chi connectivity index (χ4n) is 6.46. The van der Waals surface area contributed by atoms with E-state index in [9.17, 15) is 14.7 Å². The molecule has 2 N–H and O–H groups in total. The van der Waals surface area contributed by atoms with Crippen LogP contribution < -0.4 is 5.32 Å². The Hall–Kier alpha value is -1.46. The van der Waals surface area contributed by atoms with Crippen molar-refractivity contribution in [1.29, 1.82) is 0 Å². The van der Waals surface area contributed by atoms with E-state index in [4.69, 9.17) is 0 Å². The molecule has 5 fully saturated rings. The number of rotatable bonds is 3. The van der Waals surface area contributed by atoms with Crippen LogP contribution in [0.1, 0.15) is 59.3 Å². The van der Waals surface area contributed by atoms with Crippen molar-refractivity contribution in [2.75, 3.05) is 19.6 Å². The van der Waals surface area contributed by atoms with Crippen LogP contribution >= 0.6 is 0 Å². The number of urea groups is 1. The van der Waals surface area contributed by atoms with Crippen LogP contribution in [-0.4, -0.2) is 58.2 Å². The first-order chi connectivity index (χ1) is 12.7. The first kappa shape index (κ1) is 18.9. The Balaban J connectivity index is 1.31. The SMILES string of the molecule is CC(C)(C)N(C[C@H]1CCN(C(=O)NC2C3CC4CC(C3)CC2C4)C1)C(=O)O. The summed E-state index contributed by atoms with van der Waals surface area (Å²) in [5.74, 6) is 3.43. The van der Waals surface area contributed by atoms with E-state index in [0.717, 1.165) is 24.8 Å². The minimum atomic E-state index is -0.876. The first-order valence-electron chi connectivity index (χ1n) is 10.8. The van der Waals surface area contributed by atoms with Gasteiger partial charge in [-0.1, -0.05) is 0 Å². The van der Waals surface area contributed by atoms with E-state index >= 15 is 0 Å². The second kappa shape index (κ2) is 6.85. The highest BCUT2D eigenvalue weighted by atomic mass is 16.4. The van der Waals surface area contributed by atoms with E-state index in [2.05, 4.69) is 5.32 Å². The monoisotopic (exact) mass is 377 g/mol. The summed E-state index contributed by atoms with van der Waals surface area (Å²) < 4.78 is 0. The molecule has 0 radical (unpaired) electrons. The Morgan fingerprint density at radius 1 is 1.07 bits per heavy atom. The first-order valence-corrected chi connectivity index (χ1v) is 10.8. The van der Waals surface area contributed by atoms with E-state index in [1.807, 2.05) is 25.7 Å². The largest absolute Gasteiger partial charge is 0.465 e. The van der Waals surface area contributed by atoms with Gasteiger partial charge in [0.2, 0.25) is 0 Å². The Morgan fingerprint density at radius 3 is 2.19 bits per heavy atom. The lowest BCUT2D eigenvalue weighted by molar-refractivity contribution is -0.0108. The molecule has 27 heavy (non-hydrogen) atoms. The third kappa shape index (κ3) is 3.77. The summed E-state index contributed by atoms with van der Waals surface area (Å²) in [6, 6.07) is 0.446. The van der Waals surface area contributed by atoms with Crippen LogP contribution in [0.2, 0.25) is 0 Å². The molecule has 0 unspecified atom stereocenters. The van der Waals surface area contributed by atoms with E-state index in [1.54, 1.807) is 0 Å². The summed E-state index contributed by atoms with van der Waals surface area (Å²) in [6.07, 6.45) is 6.66. The number of carboxylic acid groups (broad SMARTS) is 1. The summed E-state index contributed by atoms with van der Waals surface area (Å²) >= 11 is 0. The minimum absolute atomic E-state index is 0.0765. The maximum absolute atomic E-state index is 12.9. The number of likely N-dealkylation sites (tertiary alicyclic amines) is 1. The van der Waals surface area contributed by atoms with Crippen LogP contribution in [0.3, 0.4) is 0 Å². The highest BCUT2D eigenvalue weighted by Crippen LogP contribution is 2.53. The Labute approximate surface area is 162 Å². The van der Waals surface area contributed by atoms with Crippen LogP contribution in [0.5, 0.6) is 0 Å². The van der Waals surface area contributed by atoms with Gasteiger partial charge in [0.25, 0.3) is 0 Å².